The van der Waals surface area contributed by atoms with Crippen LogP contribution in [0.2, 0.25) is 0 Å². The second-order valence-electron chi connectivity index (χ2n) is 5.97. The fourth-order valence-electron chi connectivity index (χ4n) is 2.92. The maximum Gasteiger partial charge on any atom is 0.317 e. The third-order valence-electron chi connectivity index (χ3n) is 4.19. The van der Waals surface area contributed by atoms with Crippen LogP contribution in [0.25, 0.3) is 10.9 Å². The highest BCUT2D eigenvalue weighted by Gasteiger charge is 2.11. The standard InChI is InChI=1S/C19H22N4O/c1-14-16(17-5-3-4-6-18(17)22-14)9-12-21-19(24)23(2)13-15-7-10-20-11-8-15/h3-8,10-11,22H,9,12-13H2,1-2H3,(H,21,24). The third-order valence-corrected chi connectivity index (χ3v) is 4.19. The van der Waals surface area contributed by atoms with Crippen LogP contribution in [-0.2, 0) is 13.0 Å². The first-order chi connectivity index (χ1) is 11.6. The van der Waals surface area contributed by atoms with E-state index in [1.807, 2.05) is 24.3 Å². The van der Waals surface area contributed by atoms with Crippen molar-refractivity contribution in [1.82, 2.24) is 20.2 Å². The third kappa shape index (κ3) is 3.56. The number of para-hydroxylation sites is 1. The minimum atomic E-state index is -0.0655. The van der Waals surface area contributed by atoms with E-state index in [2.05, 4.69) is 34.3 Å². The smallest absolute Gasteiger partial charge is 0.317 e. The van der Waals surface area contributed by atoms with Crippen LogP contribution in [0.4, 0.5) is 4.79 Å². The van der Waals surface area contributed by atoms with Crippen molar-refractivity contribution >= 4 is 16.9 Å². The van der Waals surface area contributed by atoms with Crippen molar-refractivity contribution < 1.29 is 4.79 Å². The Morgan fingerprint density at radius 1 is 1.21 bits per heavy atom. The Morgan fingerprint density at radius 2 is 1.96 bits per heavy atom. The lowest BCUT2D eigenvalue weighted by atomic mass is 10.1. The van der Waals surface area contributed by atoms with Gasteiger partial charge >= 0.3 is 6.03 Å². The van der Waals surface area contributed by atoms with Crippen molar-refractivity contribution in [1.29, 1.82) is 0 Å². The van der Waals surface area contributed by atoms with E-state index in [4.69, 9.17) is 0 Å². The highest BCUT2D eigenvalue weighted by molar-refractivity contribution is 5.84. The summed E-state index contributed by atoms with van der Waals surface area (Å²) in [5, 5.41) is 4.22. The van der Waals surface area contributed by atoms with E-state index in [0.717, 1.165) is 23.2 Å². The summed E-state index contributed by atoms with van der Waals surface area (Å²) in [5.74, 6) is 0. The molecule has 2 N–H and O–H groups in total. The number of H-pyrrole nitrogens is 1. The fraction of sp³-hybridized carbons (Fsp3) is 0.263. The molecule has 5 nitrogen and oxygen atoms in total. The summed E-state index contributed by atoms with van der Waals surface area (Å²) < 4.78 is 0. The Kier molecular flexibility index (Phi) is 4.79. The van der Waals surface area contributed by atoms with Crippen LogP contribution in [0.1, 0.15) is 16.8 Å². The summed E-state index contributed by atoms with van der Waals surface area (Å²) in [6.45, 7) is 3.26. The van der Waals surface area contributed by atoms with Crippen molar-refractivity contribution in [3.63, 3.8) is 0 Å². The SMILES string of the molecule is Cc1[nH]c2ccccc2c1CCNC(=O)N(C)Cc1ccncc1. The molecule has 0 aliphatic carbocycles. The molecule has 1 aromatic carbocycles. The number of aryl methyl sites for hydroxylation is 1. The van der Waals surface area contributed by atoms with Gasteiger partial charge in [-0.2, -0.15) is 0 Å². The number of fused-ring (bicyclic) bond motifs is 1. The molecule has 5 heteroatoms. The average Bonchev–Trinajstić information content (AvgIpc) is 2.91. The normalized spacial score (nSPS) is 10.8. The molecule has 0 aliphatic heterocycles. The molecule has 3 aromatic rings. The van der Waals surface area contributed by atoms with Gasteiger partial charge in [-0.1, -0.05) is 18.2 Å². The first-order valence-corrected chi connectivity index (χ1v) is 8.09. The summed E-state index contributed by atoms with van der Waals surface area (Å²) in [6.07, 6.45) is 4.28. The molecule has 0 fully saturated rings. The first-order valence-electron chi connectivity index (χ1n) is 8.09. The molecule has 24 heavy (non-hydrogen) atoms. The maximum absolute atomic E-state index is 12.2. The van der Waals surface area contributed by atoms with Crippen LogP contribution in [0.5, 0.6) is 0 Å². The van der Waals surface area contributed by atoms with Gasteiger partial charge in [0.2, 0.25) is 0 Å². The molecule has 2 aromatic heterocycles. The number of aromatic amines is 1. The molecule has 0 saturated carbocycles. The molecule has 0 radical (unpaired) electrons. The monoisotopic (exact) mass is 322 g/mol. The minimum absolute atomic E-state index is 0.0655. The van der Waals surface area contributed by atoms with Gasteiger partial charge in [-0.05, 0) is 42.7 Å². The number of nitrogens with zero attached hydrogens (tertiary/aromatic N) is 2. The topological polar surface area (TPSA) is 61.0 Å². The molecule has 2 heterocycles. The lowest BCUT2D eigenvalue weighted by Gasteiger charge is -2.18. The number of carbonyl (C=O) groups is 1. The van der Waals surface area contributed by atoms with Crippen LogP contribution in [-0.4, -0.2) is 34.5 Å². The van der Waals surface area contributed by atoms with Gasteiger partial charge in [-0.3, -0.25) is 4.98 Å². The van der Waals surface area contributed by atoms with Gasteiger partial charge < -0.3 is 15.2 Å². The molecule has 3 rings (SSSR count). The minimum Gasteiger partial charge on any atom is -0.358 e. The Labute approximate surface area is 141 Å². The van der Waals surface area contributed by atoms with E-state index in [9.17, 15) is 4.79 Å². The summed E-state index contributed by atoms with van der Waals surface area (Å²) in [7, 11) is 1.80. The van der Waals surface area contributed by atoms with Crippen molar-refractivity contribution in [2.45, 2.75) is 19.9 Å². The van der Waals surface area contributed by atoms with E-state index in [-0.39, 0.29) is 6.03 Å². The number of hydrogen-bond acceptors (Lipinski definition) is 2. The largest absolute Gasteiger partial charge is 0.358 e. The second kappa shape index (κ2) is 7.17. The number of amides is 2. The van der Waals surface area contributed by atoms with Gasteiger partial charge in [0, 0.05) is 49.1 Å². The van der Waals surface area contributed by atoms with E-state index < -0.39 is 0 Å². The van der Waals surface area contributed by atoms with Crippen LogP contribution in [0.15, 0.2) is 48.8 Å². The molecule has 0 unspecified atom stereocenters. The molecule has 124 valence electrons. The Hall–Kier alpha value is -2.82. The van der Waals surface area contributed by atoms with Crippen molar-refractivity contribution in [3.8, 4) is 0 Å². The average molecular weight is 322 g/mol. The van der Waals surface area contributed by atoms with Gasteiger partial charge in [0.15, 0.2) is 0 Å². The highest BCUT2D eigenvalue weighted by Crippen LogP contribution is 2.21. The zero-order chi connectivity index (χ0) is 16.9. The number of hydrogen-bond donors (Lipinski definition) is 2. The van der Waals surface area contributed by atoms with Gasteiger partial charge in [0.05, 0.1) is 0 Å². The number of benzene rings is 1. The van der Waals surface area contributed by atoms with E-state index in [1.165, 1.54) is 10.9 Å². The second-order valence-corrected chi connectivity index (χ2v) is 5.97. The van der Waals surface area contributed by atoms with E-state index in [1.54, 1.807) is 24.3 Å². The van der Waals surface area contributed by atoms with Gasteiger partial charge in [-0.25, -0.2) is 4.79 Å². The predicted molar refractivity (Wildman–Crippen MR) is 95.8 cm³/mol. The molecule has 2 amide bonds. The van der Waals surface area contributed by atoms with E-state index >= 15 is 0 Å². The molecule has 0 atom stereocenters. The number of carbonyl (C=O) groups excluding carboxylic acids is 1. The maximum atomic E-state index is 12.2. The highest BCUT2D eigenvalue weighted by atomic mass is 16.2. The fourth-order valence-corrected chi connectivity index (χ4v) is 2.92. The lowest BCUT2D eigenvalue weighted by molar-refractivity contribution is 0.207. The molecular weight excluding hydrogens is 300 g/mol. The van der Waals surface area contributed by atoms with Crippen LogP contribution in [0.3, 0.4) is 0 Å². The van der Waals surface area contributed by atoms with Crippen molar-refractivity contribution in [2.24, 2.45) is 0 Å². The molecule has 0 spiro atoms. The predicted octanol–water partition coefficient (Wildman–Crippen LogP) is 3.26. The number of aromatic nitrogens is 2. The number of nitrogens with one attached hydrogen (secondary N) is 2. The Morgan fingerprint density at radius 3 is 2.75 bits per heavy atom. The number of rotatable bonds is 5. The van der Waals surface area contributed by atoms with E-state index in [0.29, 0.717) is 13.1 Å². The quantitative estimate of drug-likeness (QED) is 0.757. The first kappa shape index (κ1) is 16.1. The molecular formula is C19H22N4O. The summed E-state index contributed by atoms with van der Waals surface area (Å²) in [5.41, 5.74) is 4.64. The van der Waals surface area contributed by atoms with Crippen molar-refractivity contribution in [3.05, 3.63) is 65.6 Å². The Balaban J connectivity index is 1.55. The molecule has 0 saturated heterocycles. The van der Waals surface area contributed by atoms with Crippen LogP contribution < -0.4 is 5.32 Å². The zero-order valence-corrected chi connectivity index (χ0v) is 14.0. The Bertz CT molecular complexity index is 826. The summed E-state index contributed by atoms with van der Waals surface area (Å²) in [6, 6.07) is 12.0. The summed E-state index contributed by atoms with van der Waals surface area (Å²) >= 11 is 0. The van der Waals surface area contributed by atoms with Gasteiger partial charge in [-0.15, -0.1) is 0 Å². The number of urea groups is 1. The van der Waals surface area contributed by atoms with Gasteiger partial charge in [0.1, 0.15) is 0 Å². The van der Waals surface area contributed by atoms with Gasteiger partial charge in [0.25, 0.3) is 0 Å². The zero-order valence-electron chi connectivity index (χ0n) is 14.0. The molecule has 0 bridgehead atoms. The van der Waals surface area contributed by atoms with Crippen LogP contribution >= 0.6 is 0 Å². The lowest BCUT2D eigenvalue weighted by Crippen LogP contribution is -2.37. The van der Waals surface area contributed by atoms with Crippen LogP contribution in [0, 0.1) is 6.92 Å². The van der Waals surface area contributed by atoms with Crippen molar-refractivity contribution in [2.75, 3.05) is 13.6 Å². The summed E-state index contributed by atoms with van der Waals surface area (Å²) in [4.78, 5) is 21.3. The molecule has 0 aliphatic rings. The number of pyridine rings is 1.